The summed E-state index contributed by atoms with van der Waals surface area (Å²) in [6, 6.07) is 14.6. The predicted octanol–water partition coefficient (Wildman–Crippen LogP) is 3.07. The summed E-state index contributed by atoms with van der Waals surface area (Å²) in [4.78, 5) is 4.77. The average molecular weight is 407 g/mol. The summed E-state index contributed by atoms with van der Waals surface area (Å²) in [5.41, 5.74) is 2.22. The molecular formula is C25H30N2O3. The molecule has 4 aliphatic rings. The molecule has 5 nitrogen and oxygen atoms in total. The van der Waals surface area contributed by atoms with Crippen LogP contribution in [0.4, 0.5) is 5.69 Å². The number of ether oxygens (including phenoxy) is 1. The van der Waals surface area contributed by atoms with Crippen LogP contribution in [0, 0.1) is 0 Å². The second kappa shape index (κ2) is 6.14. The molecule has 5 heteroatoms. The van der Waals surface area contributed by atoms with Crippen LogP contribution in [0.5, 0.6) is 11.5 Å². The molecule has 0 radical (unpaired) electrons. The lowest BCUT2D eigenvalue weighted by molar-refractivity contribution is -0.184. The molecule has 158 valence electrons. The van der Waals surface area contributed by atoms with Crippen LogP contribution in [0.3, 0.4) is 0 Å². The van der Waals surface area contributed by atoms with Crippen LogP contribution < -0.4 is 9.64 Å². The Bertz CT molecular complexity index is 995. The minimum atomic E-state index is -0.830. The number of hydrogen-bond donors (Lipinski definition) is 2. The third kappa shape index (κ3) is 2.05. The Hall–Kier alpha value is -2.24. The highest BCUT2D eigenvalue weighted by Crippen LogP contribution is 2.65. The maximum atomic E-state index is 12.3. The zero-order chi connectivity index (χ0) is 20.7. The molecule has 30 heavy (non-hydrogen) atoms. The number of hydrogen-bond acceptors (Lipinski definition) is 5. The predicted molar refractivity (Wildman–Crippen MR) is 116 cm³/mol. The van der Waals surface area contributed by atoms with Gasteiger partial charge in [-0.1, -0.05) is 24.3 Å². The number of nitrogens with zero attached hydrogens (tertiary/aromatic N) is 2. The van der Waals surface area contributed by atoms with E-state index in [0.29, 0.717) is 5.75 Å². The summed E-state index contributed by atoms with van der Waals surface area (Å²) < 4.78 is 6.66. The van der Waals surface area contributed by atoms with E-state index in [0.717, 1.165) is 44.3 Å². The molecule has 1 saturated heterocycles. The first-order chi connectivity index (χ1) is 14.5. The standard InChI is InChI=1S/C25H30N2O3/c1-3-27(17-7-5-4-6-8-17)18-11-12-25(29)20-15-16-9-10-19(28)22-21(16)24(25,23(18)30-22)13-14-26(20)2/h4-10,18,20,23,28-29H,3,11-15H2,1-2H3/t18?,20-,23+,24+,25-/m1/s1. The lowest BCUT2D eigenvalue weighted by atomic mass is 9.48. The van der Waals surface area contributed by atoms with Crippen LogP contribution in [0.1, 0.15) is 37.3 Å². The van der Waals surface area contributed by atoms with Gasteiger partial charge in [0, 0.05) is 23.8 Å². The highest BCUT2D eigenvalue weighted by atomic mass is 16.5. The fourth-order valence-corrected chi connectivity index (χ4v) is 7.27. The number of rotatable bonds is 3. The summed E-state index contributed by atoms with van der Waals surface area (Å²) in [7, 11) is 2.14. The quantitative estimate of drug-likeness (QED) is 0.821. The van der Waals surface area contributed by atoms with Gasteiger partial charge in [0.25, 0.3) is 0 Å². The number of benzene rings is 2. The number of anilines is 1. The monoisotopic (exact) mass is 406 g/mol. The van der Waals surface area contributed by atoms with Gasteiger partial charge in [-0.15, -0.1) is 0 Å². The van der Waals surface area contributed by atoms with Gasteiger partial charge in [0.05, 0.1) is 17.1 Å². The van der Waals surface area contributed by atoms with E-state index in [2.05, 4.69) is 48.0 Å². The van der Waals surface area contributed by atoms with E-state index >= 15 is 0 Å². The molecule has 0 aromatic heterocycles. The second-order valence-corrected chi connectivity index (χ2v) is 9.56. The van der Waals surface area contributed by atoms with Crippen LogP contribution in [-0.2, 0) is 11.8 Å². The Labute approximate surface area is 177 Å². The Balaban J connectivity index is 1.55. The molecule has 2 aromatic rings. The van der Waals surface area contributed by atoms with Gasteiger partial charge < -0.3 is 24.7 Å². The van der Waals surface area contributed by atoms with Crippen molar-refractivity contribution >= 4 is 5.69 Å². The van der Waals surface area contributed by atoms with E-state index in [1.165, 1.54) is 11.3 Å². The summed E-state index contributed by atoms with van der Waals surface area (Å²) in [5, 5.41) is 23.0. The molecule has 2 heterocycles. The molecule has 1 spiro atoms. The number of likely N-dealkylation sites (N-methyl/N-ethyl adjacent to an activating group) is 2. The van der Waals surface area contributed by atoms with Crippen molar-refractivity contribution < 1.29 is 14.9 Å². The van der Waals surface area contributed by atoms with Crippen molar-refractivity contribution in [3.8, 4) is 11.5 Å². The average Bonchev–Trinajstić information content (AvgIpc) is 3.11. The van der Waals surface area contributed by atoms with Crippen LogP contribution in [0.25, 0.3) is 0 Å². The SMILES string of the molecule is CCN(c1ccccc1)C1CC[C@@]2(O)[C@H]3Cc4ccc(O)c5c4[C@@]2(CCN3C)[C@H]1O5. The molecule has 0 amide bonds. The fourth-order valence-electron chi connectivity index (χ4n) is 7.27. The maximum absolute atomic E-state index is 12.3. The van der Waals surface area contributed by atoms with Gasteiger partial charge in [-0.2, -0.15) is 0 Å². The topological polar surface area (TPSA) is 56.2 Å². The molecular weight excluding hydrogens is 376 g/mol. The third-order valence-electron chi connectivity index (χ3n) is 8.53. The number of para-hydroxylation sites is 1. The number of aliphatic hydroxyl groups is 1. The Morgan fingerprint density at radius 3 is 2.73 bits per heavy atom. The fraction of sp³-hybridized carbons (Fsp3) is 0.520. The van der Waals surface area contributed by atoms with Gasteiger partial charge in [-0.05, 0) is 70.0 Å². The van der Waals surface area contributed by atoms with Gasteiger partial charge in [0.2, 0.25) is 0 Å². The number of phenols is 1. The molecule has 2 fully saturated rings. The highest BCUT2D eigenvalue weighted by Gasteiger charge is 2.73. The molecule has 2 aliphatic carbocycles. The zero-order valence-electron chi connectivity index (χ0n) is 17.7. The molecule has 6 rings (SSSR count). The zero-order valence-corrected chi connectivity index (χ0v) is 17.7. The normalized spacial score (nSPS) is 36.2. The number of likely N-dealkylation sites (tertiary alicyclic amines) is 1. The van der Waals surface area contributed by atoms with Crippen molar-refractivity contribution in [2.24, 2.45) is 0 Å². The van der Waals surface area contributed by atoms with Crippen LogP contribution in [-0.4, -0.2) is 59.0 Å². The molecule has 1 unspecified atom stereocenters. The number of piperidine rings is 1. The Morgan fingerprint density at radius 2 is 1.97 bits per heavy atom. The first-order valence-electron chi connectivity index (χ1n) is 11.3. The summed E-state index contributed by atoms with van der Waals surface area (Å²) in [6.45, 7) is 4.00. The Morgan fingerprint density at radius 1 is 1.17 bits per heavy atom. The second-order valence-electron chi connectivity index (χ2n) is 9.56. The summed E-state index contributed by atoms with van der Waals surface area (Å²) in [6.07, 6.45) is 3.13. The largest absolute Gasteiger partial charge is 0.504 e. The van der Waals surface area contributed by atoms with E-state index in [-0.39, 0.29) is 23.9 Å². The van der Waals surface area contributed by atoms with Crippen molar-refractivity contribution in [1.29, 1.82) is 0 Å². The molecule has 5 atom stereocenters. The van der Waals surface area contributed by atoms with E-state index in [4.69, 9.17) is 4.74 Å². The van der Waals surface area contributed by atoms with E-state index in [9.17, 15) is 10.2 Å². The van der Waals surface area contributed by atoms with Crippen molar-refractivity contribution in [3.05, 3.63) is 53.6 Å². The van der Waals surface area contributed by atoms with Crippen LogP contribution in [0.2, 0.25) is 0 Å². The lowest BCUT2D eigenvalue weighted by Gasteiger charge is -2.64. The number of phenolic OH excluding ortho intramolecular Hbond substituents is 1. The van der Waals surface area contributed by atoms with Gasteiger partial charge in [-0.3, -0.25) is 0 Å². The summed E-state index contributed by atoms with van der Waals surface area (Å²) in [5.74, 6) is 0.828. The summed E-state index contributed by atoms with van der Waals surface area (Å²) >= 11 is 0. The van der Waals surface area contributed by atoms with E-state index < -0.39 is 11.0 Å². The van der Waals surface area contributed by atoms with Crippen molar-refractivity contribution in [2.45, 2.75) is 61.8 Å². The smallest absolute Gasteiger partial charge is 0.165 e. The number of aromatic hydroxyl groups is 1. The van der Waals surface area contributed by atoms with Crippen LogP contribution in [0.15, 0.2) is 42.5 Å². The molecule has 2 N–H and O–H groups in total. The first kappa shape index (κ1) is 18.5. The van der Waals surface area contributed by atoms with Crippen LogP contribution >= 0.6 is 0 Å². The molecule has 2 aromatic carbocycles. The minimum Gasteiger partial charge on any atom is -0.504 e. The highest BCUT2D eigenvalue weighted by molar-refractivity contribution is 5.63. The van der Waals surface area contributed by atoms with Gasteiger partial charge in [0.15, 0.2) is 11.5 Å². The maximum Gasteiger partial charge on any atom is 0.165 e. The first-order valence-corrected chi connectivity index (χ1v) is 11.3. The minimum absolute atomic E-state index is 0.0908. The van der Waals surface area contributed by atoms with Gasteiger partial charge in [0.1, 0.15) is 6.10 Å². The van der Waals surface area contributed by atoms with E-state index in [1.54, 1.807) is 6.07 Å². The third-order valence-corrected chi connectivity index (χ3v) is 8.53. The molecule has 2 aliphatic heterocycles. The van der Waals surface area contributed by atoms with Crippen molar-refractivity contribution in [2.75, 3.05) is 25.0 Å². The Kier molecular flexibility index (Phi) is 3.79. The van der Waals surface area contributed by atoms with Crippen molar-refractivity contribution in [1.82, 2.24) is 4.90 Å². The van der Waals surface area contributed by atoms with Gasteiger partial charge in [-0.25, -0.2) is 0 Å². The van der Waals surface area contributed by atoms with E-state index in [1.807, 2.05) is 12.1 Å². The lowest BCUT2D eigenvalue weighted by Crippen LogP contribution is -2.77. The van der Waals surface area contributed by atoms with Gasteiger partial charge >= 0.3 is 0 Å². The molecule has 1 saturated carbocycles. The molecule has 2 bridgehead atoms. The van der Waals surface area contributed by atoms with Crippen molar-refractivity contribution in [3.63, 3.8) is 0 Å².